The summed E-state index contributed by atoms with van der Waals surface area (Å²) in [4.78, 5) is 27.9. The average Bonchev–Trinajstić information content (AvgIpc) is 2.58. The van der Waals surface area contributed by atoms with E-state index in [1.54, 1.807) is 36.4 Å². The number of nitrogens with two attached hydrogens (primary N) is 1. The van der Waals surface area contributed by atoms with Gasteiger partial charge in [-0.15, -0.1) is 0 Å². The highest BCUT2D eigenvalue weighted by atomic mass is 79.9. The minimum absolute atomic E-state index is 0.0342. The second kappa shape index (κ2) is 6.33. The first-order valence-corrected chi connectivity index (χ1v) is 7.94. The van der Waals surface area contributed by atoms with E-state index in [0.29, 0.717) is 26.8 Å². The van der Waals surface area contributed by atoms with E-state index in [2.05, 4.69) is 32.8 Å². The van der Waals surface area contributed by atoms with Gasteiger partial charge in [-0.2, -0.15) is 0 Å². The van der Waals surface area contributed by atoms with Crippen molar-refractivity contribution in [3.05, 3.63) is 75.0 Å². The van der Waals surface area contributed by atoms with Crippen molar-refractivity contribution >= 4 is 50.2 Å². The van der Waals surface area contributed by atoms with Crippen LogP contribution in [-0.2, 0) is 0 Å². The third-order valence-electron chi connectivity index (χ3n) is 3.67. The smallest absolute Gasteiger partial charge is 0.261 e. The Kier molecular flexibility index (Phi) is 4.22. The summed E-state index contributed by atoms with van der Waals surface area (Å²) in [6.07, 6.45) is 3.04. The predicted octanol–water partition coefficient (Wildman–Crippen LogP) is 3.77. The summed E-state index contributed by atoms with van der Waals surface area (Å²) >= 11 is 3.38. The van der Waals surface area contributed by atoms with Crippen LogP contribution in [0.25, 0.3) is 17.0 Å². The summed E-state index contributed by atoms with van der Waals surface area (Å²) in [6, 6.07) is 10.4. The number of nitrogen functional groups attached to an aromatic ring is 1. The molecule has 1 amide bonds. The van der Waals surface area contributed by atoms with E-state index in [0.717, 1.165) is 5.56 Å². The topological polar surface area (TPSA) is 88.0 Å². The molecule has 1 aromatic heterocycles. The molecule has 0 radical (unpaired) electrons. The Morgan fingerprint density at radius 3 is 2.79 bits per heavy atom. The molecule has 3 aromatic rings. The van der Waals surface area contributed by atoms with E-state index in [-0.39, 0.29) is 11.0 Å². The number of hydrogen-bond donors (Lipinski definition) is 3. The Morgan fingerprint density at radius 2 is 2.04 bits per heavy atom. The third-order valence-corrected chi connectivity index (χ3v) is 4.33. The van der Waals surface area contributed by atoms with Gasteiger partial charge < -0.3 is 16.0 Å². The van der Waals surface area contributed by atoms with Crippen LogP contribution in [0.15, 0.2) is 58.4 Å². The van der Waals surface area contributed by atoms with Gasteiger partial charge in [0.25, 0.3) is 5.91 Å². The first kappa shape index (κ1) is 16.0. The van der Waals surface area contributed by atoms with Crippen LogP contribution in [0.3, 0.4) is 0 Å². The SMILES string of the molecule is C=Cc1cc(Br)c(NC(=O)c2c[nH]c3ccccc3c2=O)cc1N. The van der Waals surface area contributed by atoms with Gasteiger partial charge in [0.15, 0.2) is 0 Å². The molecule has 0 aliphatic heterocycles. The van der Waals surface area contributed by atoms with Gasteiger partial charge in [-0.1, -0.05) is 24.8 Å². The van der Waals surface area contributed by atoms with Crippen molar-refractivity contribution in [2.45, 2.75) is 0 Å². The number of aromatic amines is 1. The predicted molar refractivity (Wildman–Crippen MR) is 101 cm³/mol. The normalized spacial score (nSPS) is 10.5. The summed E-state index contributed by atoms with van der Waals surface area (Å²) in [5, 5.41) is 3.17. The fourth-order valence-corrected chi connectivity index (χ4v) is 2.86. The Labute approximate surface area is 146 Å². The number of H-pyrrole nitrogens is 1. The van der Waals surface area contributed by atoms with Crippen molar-refractivity contribution in [1.29, 1.82) is 0 Å². The molecule has 3 rings (SSSR count). The van der Waals surface area contributed by atoms with Crippen molar-refractivity contribution in [3.8, 4) is 0 Å². The number of fused-ring (bicyclic) bond motifs is 1. The minimum atomic E-state index is -0.506. The van der Waals surface area contributed by atoms with Crippen LogP contribution in [0, 0.1) is 0 Å². The Bertz CT molecular complexity index is 1020. The molecule has 0 saturated carbocycles. The molecular weight excluding hydrogens is 370 g/mol. The maximum Gasteiger partial charge on any atom is 0.261 e. The number of para-hydroxylation sites is 1. The largest absolute Gasteiger partial charge is 0.398 e. The Hall–Kier alpha value is -2.86. The number of hydrogen-bond acceptors (Lipinski definition) is 3. The lowest BCUT2D eigenvalue weighted by Gasteiger charge is -2.10. The van der Waals surface area contributed by atoms with E-state index >= 15 is 0 Å². The third kappa shape index (κ3) is 2.83. The molecule has 120 valence electrons. The number of carbonyl (C=O) groups excluding carboxylic acids is 1. The molecule has 0 unspecified atom stereocenters. The lowest BCUT2D eigenvalue weighted by Crippen LogP contribution is -2.22. The molecule has 0 spiro atoms. The number of carbonyl (C=O) groups is 1. The van der Waals surface area contributed by atoms with Crippen LogP contribution in [0.2, 0.25) is 0 Å². The summed E-state index contributed by atoms with van der Waals surface area (Å²) in [5.41, 5.74) is 8.02. The first-order valence-electron chi connectivity index (χ1n) is 7.14. The Balaban J connectivity index is 1.99. The molecule has 5 nitrogen and oxygen atoms in total. The van der Waals surface area contributed by atoms with Crippen LogP contribution < -0.4 is 16.5 Å². The summed E-state index contributed by atoms with van der Waals surface area (Å²) in [7, 11) is 0. The monoisotopic (exact) mass is 383 g/mol. The zero-order chi connectivity index (χ0) is 17.3. The zero-order valence-electron chi connectivity index (χ0n) is 12.6. The van der Waals surface area contributed by atoms with Gasteiger partial charge in [0.05, 0.1) is 5.69 Å². The maximum atomic E-state index is 12.5. The number of nitrogens with one attached hydrogen (secondary N) is 2. The average molecular weight is 384 g/mol. The van der Waals surface area contributed by atoms with Gasteiger partial charge in [-0.05, 0) is 45.8 Å². The van der Waals surface area contributed by atoms with Crippen molar-refractivity contribution in [3.63, 3.8) is 0 Å². The lowest BCUT2D eigenvalue weighted by atomic mass is 10.1. The molecule has 0 fully saturated rings. The van der Waals surface area contributed by atoms with E-state index in [9.17, 15) is 9.59 Å². The summed E-state index contributed by atoms with van der Waals surface area (Å²) in [5.74, 6) is -0.506. The van der Waals surface area contributed by atoms with Crippen molar-refractivity contribution in [2.24, 2.45) is 0 Å². The van der Waals surface area contributed by atoms with Crippen molar-refractivity contribution < 1.29 is 4.79 Å². The van der Waals surface area contributed by atoms with E-state index < -0.39 is 5.91 Å². The fourth-order valence-electron chi connectivity index (χ4n) is 2.40. The summed E-state index contributed by atoms with van der Waals surface area (Å²) < 4.78 is 0.650. The quantitative estimate of drug-likeness (QED) is 0.601. The molecular formula is C18H14BrN3O2. The van der Waals surface area contributed by atoms with Crippen LogP contribution in [0.4, 0.5) is 11.4 Å². The van der Waals surface area contributed by atoms with Crippen molar-refractivity contribution in [1.82, 2.24) is 4.98 Å². The highest BCUT2D eigenvalue weighted by molar-refractivity contribution is 9.10. The molecule has 0 atom stereocenters. The molecule has 2 aromatic carbocycles. The second-order valence-corrected chi connectivity index (χ2v) is 6.05. The summed E-state index contributed by atoms with van der Waals surface area (Å²) in [6.45, 7) is 3.68. The molecule has 0 saturated heterocycles. The van der Waals surface area contributed by atoms with Gasteiger partial charge in [0.1, 0.15) is 5.56 Å². The Morgan fingerprint density at radius 1 is 1.29 bits per heavy atom. The molecule has 0 aliphatic carbocycles. The van der Waals surface area contributed by atoms with Gasteiger partial charge in [0.2, 0.25) is 5.43 Å². The van der Waals surface area contributed by atoms with E-state index in [4.69, 9.17) is 5.73 Å². The first-order chi connectivity index (χ1) is 11.5. The highest BCUT2D eigenvalue weighted by Gasteiger charge is 2.15. The van der Waals surface area contributed by atoms with Crippen LogP contribution in [0.5, 0.6) is 0 Å². The number of amides is 1. The van der Waals surface area contributed by atoms with Crippen molar-refractivity contribution in [2.75, 3.05) is 11.1 Å². The lowest BCUT2D eigenvalue weighted by molar-refractivity contribution is 0.102. The number of aromatic nitrogens is 1. The molecule has 4 N–H and O–H groups in total. The van der Waals surface area contributed by atoms with E-state index in [1.807, 2.05) is 6.07 Å². The molecule has 0 aliphatic rings. The number of pyridine rings is 1. The second-order valence-electron chi connectivity index (χ2n) is 5.20. The molecule has 6 heteroatoms. The molecule has 24 heavy (non-hydrogen) atoms. The number of benzene rings is 2. The molecule has 0 bridgehead atoms. The van der Waals surface area contributed by atoms with Crippen LogP contribution in [-0.4, -0.2) is 10.9 Å². The van der Waals surface area contributed by atoms with E-state index in [1.165, 1.54) is 6.20 Å². The zero-order valence-corrected chi connectivity index (χ0v) is 14.2. The highest BCUT2D eigenvalue weighted by Crippen LogP contribution is 2.29. The number of anilines is 2. The number of halogens is 1. The van der Waals surface area contributed by atoms with Gasteiger partial charge in [-0.3, -0.25) is 9.59 Å². The van der Waals surface area contributed by atoms with Gasteiger partial charge in [0, 0.05) is 27.3 Å². The maximum absolute atomic E-state index is 12.5. The standard InChI is InChI=1S/C18H14BrN3O2/c1-2-10-7-13(19)16(8-14(10)20)22-18(24)12-9-21-15-6-4-3-5-11(15)17(12)23/h2-9H,1,20H2,(H,21,23)(H,22,24). The minimum Gasteiger partial charge on any atom is -0.398 e. The van der Waals surface area contributed by atoms with Gasteiger partial charge in [-0.25, -0.2) is 0 Å². The fraction of sp³-hybridized carbons (Fsp3) is 0. The molecule has 1 heterocycles. The van der Waals surface area contributed by atoms with Crippen LogP contribution in [0.1, 0.15) is 15.9 Å². The number of rotatable bonds is 3. The van der Waals surface area contributed by atoms with Gasteiger partial charge >= 0.3 is 0 Å². The van der Waals surface area contributed by atoms with Crippen LogP contribution >= 0.6 is 15.9 Å².